The molecule has 0 aliphatic rings. The van der Waals surface area contributed by atoms with Crippen LogP contribution in [0.2, 0.25) is 0 Å². The van der Waals surface area contributed by atoms with E-state index in [1.54, 1.807) is 6.92 Å². The van der Waals surface area contributed by atoms with Crippen LogP contribution < -0.4 is 0 Å². The van der Waals surface area contributed by atoms with Crippen LogP contribution in [-0.2, 0) is 11.5 Å². The third kappa shape index (κ3) is 2.58. The van der Waals surface area contributed by atoms with Gasteiger partial charge in [-0.15, -0.1) is 0 Å². The van der Waals surface area contributed by atoms with Crippen LogP contribution in [0.25, 0.3) is 0 Å². The molecule has 0 aromatic heterocycles. The second-order valence-electron chi connectivity index (χ2n) is 3.42. The van der Waals surface area contributed by atoms with Gasteiger partial charge in [-0.2, -0.15) is 0 Å². The van der Waals surface area contributed by atoms with E-state index >= 15 is 0 Å². The van der Waals surface area contributed by atoms with Crippen molar-refractivity contribution in [3.8, 4) is 0 Å². The van der Waals surface area contributed by atoms with Gasteiger partial charge in [-0.3, -0.25) is 0 Å². The molecule has 1 rings (SSSR count). The third-order valence-corrected chi connectivity index (χ3v) is 2.25. The first-order valence-corrected chi connectivity index (χ1v) is 4.57. The number of rotatable bonds is 4. The molecular formula is C11H11F3O. The summed E-state index contributed by atoms with van der Waals surface area (Å²) in [5, 5.41) is 0. The highest BCUT2D eigenvalue weighted by Gasteiger charge is 2.15. The number of aldehydes is 1. The number of carbonyl (C=O) groups excluding carboxylic acids is 1. The fourth-order valence-corrected chi connectivity index (χ4v) is 1.38. The predicted molar refractivity (Wildman–Crippen MR) is 50.3 cm³/mol. The van der Waals surface area contributed by atoms with Gasteiger partial charge < -0.3 is 4.79 Å². The first kappa shape index (κ1) is 11.8. The van der Waals surface area contributed by atoms with Crippen molar-refractivity contribution >= 4 is 6.29 Å². The summed E-state index contributed by atoms with van der Waals surface area (Å²) in [4.78, 5) is 10.2. The summed E-state index contributed by atoms with van der Waals surface area (Å²) in [5.74, 6) is -2.51. The zero-order valence-corrected chi connectivity index (χ0v) is 8.27. The van der Waals surface area contributed by atoms with Gasteiger partial charge in [0.25, 0.3) is 0 Å². The lowest BCUT2D eigenvalue weighted by molar-refractivity contribution is -0.108. The molecule has 0 aliphatic heterocycles. The number of halogens is 3. The molecule has 0 heterocycles. The predicted octanol–water partition coefficient (Wildman–Crippen LogP) is 3.13. The molecule has 82 valence electrons. The Morgan fingerprint density at radius 3 is 2.60 bits per heavy atom. The maximum atomic E-state index is 13.3. The first-order valence-electron chi connectivity index (χ1n) is 4.57. The topological polar surface area (TPSA) is 17.1 Å². The zero-order valence-electron chi connectivity index (χ0n) is 8.27. The minimum absolute atomic E-state index is 0.0507. The molecule has 0 aliphatic carbocycles. The van der Waals surface area contributed by atoms with E-state index in [-0.39, 0.29) is 17.5 Å². The van der Waals surface area contributed by atoms with Gasteiger partial charge in [0, 0.05) is 6.42 Å². The fourth-order valence-electron chi connectivity index (χ4n) is 1.38. The summed E-state index contributed by atoms with van der Waals surface area (Å²) in [7, 11) is 0. The number of hydrogen-bond acceptors (Lipinski definition) is 1. The number of alkyl halides is 1. The number of hydrogen-bond donors (Lipinski definition) is 0. The van der Waals surface area contributed by atoms with Gasteiger partial charge in [-0.05, 0) is 29.2 Å². The largest absolute Gasteiger partial charge is 0.303 e. The van der Waals surface area contributed by atoms with Crippen molar-refractivity contribution in [3.05, 3.63) is 34.9 Å². The summed E-state index contributed by atoms with van der Waals surface area (Å²) in [6.45, 7) is 0.742. The molecule has 1 nitrogen and oxygen atoms in total. The Bertz CT molecular complexity index is 363. The smallest absolute Gasteiger partial charge is 0.162 e. The van der Waals surface area contributed by atoms with Crippen LogP contribution in [-0.4, -0.2) is 6.29 Å². The second kappa shape index (κ2) is 4.96. The first-order chi connectivity index (χ1) is 7.10. The Morgan fingerprint density at radius 2 is 2.07 bits per heavy atom. The van der Waals surface area contributed by atoms with Gasteiger partial charge in [0.15, 0.2) is 11.6 Å². The highest BCUT2D eigenvalue weighted by molar-refractivity contribution is 5.51. The minimum atomic E-state index is -1.07. The molecule has 0 bridgehead atoms. The average molecular weight is 216 g/mol. The van der Waals surface area contributed by atoms with E-state index in [2.05, 4.69) is 0 Å². The lowest BCUT2D eigenvalue weighted by Crippen LogP contribution is -2.02. The summed E-state index contributed by atoms with van der Waals surface area (Å²) in [6, 6.07) is 2.08. The van der Waals surface area contributed by atoms with Crippen molar-refractivity contribution < 1.29 is 18.0 Å². The van der Waals surface area contributed by atoms with Crippen molar-refractivity contribution in [2.24, 2.45) is 0 Å². The van der Waals surface area contributed by atoms with Gasteiger partial charge in [-0.1, -0.05) is 6.92 Å². The molecule has 0 amide bonds. The fraction of sp³-hybridized carbons (Fsp3) is 0.364. The molecule has 4 heteroatoms. The third-order valence-electron chi connectivity index (χ3n) is 2.25. The van der Waals surface area contributed by atoms with Crippen LogP contribution in [0.5, 0.6) is 0 Å². The van der Waals surface area contributed by atoms with E-state index in [0.717, 1.165) is 6.07 Å². The maximum Gasteiger partial charge on any atom is 0.162 e. The normalized spacial score (nSPS) is 12.5. The van der Waals surface area contributed by atoms with Crippen molar-refractivity contribution in [1.82, 2.24) is 0 Å². The minimum Gasteiger partial charge on any atom is -0.303 e. The van der Waals surface area contributed by atoms with E-state index in [1.807, 2.05) is 0 Å². The van der Waals surface area contributed by atoms with Crippen molar-refractivity contribution in [2.45, 2.75) is 25.9 Å². The number of benzene rings is 1. The summed E-state index contributed by atoms with van der Waals surface area (Å²) < 4.78 is 38.6. The molecular weight excluding hydrogens is 205 g/mol. The van der Waals surface area contributed by atoms with Crippen molar-refractivity contribution in [1.29, 1.82) is 0 Å². The SMILES string of the molecule is CC(CC=O)c1cc(CF)cc(F)c1F. The maximum absolute atomic E-state index is 13.3. The Morgan fingerprint density at radius 1 is 1.40 bits per heavy atom. The van der Waals surface area contributed by atoms with E-state index in [1.165, 1.54) is 6.07 Å². The van der Waals surface area contributed by atoms with E-state index in [0.29, 0.717) is 6.29 Å². The standard InChI is InChI=1S/C11H11F3O/c1-7(2-3-15)9-4-8(6-12)5-10(13)11(9)14/h3-5,7H,2,6H2,1H3. The summed E-state index contributed by atoms with van der Waals surface area (Å²) >= 11 is 0. The Labute approximate surface area is 85.9 Å². The molecule has 1 aromatic carbocycles. The van der Waals surface area contributed by atoms with Gasteiger partial charge in [0.1, 0.15) is 13.0 Å². The highest BCUT2D eigenvalue weighted by atomic mass is 19.2. The monoisotopic (exact) mass is 216 g/mol. The number of carbonyl (C=O) groups is 1. The van der Waals surface area contributed by atoms with E-state index < -0.39 is 24.2 Å². The van der Waals surface area contributed by atoms with Gasteiger partial charge in [-0.25, -0.2) is 13.2 Å². The van der Waals surface area contributed by atoms with Crippen LogP contribution in [0.4, 0.5) is 13.2 Å². The van der Waals surface area contributed by atoms with Crippen LogP contribution in [0, 0.1) is 11.6 Å². The molecule has 1 aromatic rings. The molecule has 15 heavy (non-hydrogen) atoms. The lowest BCUT2D eigenvalue weighted by Gasteiger charge is -2.11. The Hall–Kier alpha value is -1.32. The molecule has 0 N–H and O–H groups in total. The molecule has 0 radical (unpaired) electrons. The van der Waals surface area contributed by atoms with E-state index in [4.69, 9.17) is 0 Å². The van der Waals surface area contributed by atoms with Crippen LogP contribution in [0.1, 0.15) is 30.4 Å². The van der Waals surface area contributed by atoms with Crippen LogP contribution >= 0.6 is 0 Å². The average Bonchev–Trinajstić information content (AvgIpc) is 2.22. The molecule has 1 atom stereocenters. The second-order valence-corrected chi connectivity index (χ2v) is 3.42. The molecule has 0 saturated carbocycles. The lowest BCUT2D eigenvalue weighted by atomic mass is 9.96. The van der Waals surface area contributed by atoms with Gasteiger partial charge in [0.2, 0.25) is 0 Å². The van der Waals surface area contributed by atoms with Crippen molar-refractivity contribution in [2.75, 3.05) is 0 Å². The molecule has 1 unspecified atom stereocenters. The summed E-state index contributed by atoms with van der Waals surface area (Å²) in [6.07, 6.45) is 0.718. The Kier molecular flexibility index (Phi) is 3.88. The van der Waals surface area contributed by atoms with Crippen LogP contribution in [0.15, 0.2) is 12.1 Å². The molecule has 0 spiro atoms. The van der Waals surface area contributed by atoms with Crippen molar-refractivity contribution in [3.63, 3.8) is 0 Å². The Balaban J connectivity index is 3.14. The molecule has 0 fully saturated rings. The zero-order chi connectivity index (χ0) is 11.4. The van der Waals surface area contributed by atoms with Gasteiger partial charge in [0.05, 0.1) is 0 Å². The summed E-state index contributed by atoms with van der Waals surface area (Å²) in [5.41, 5.74) is 0.136. The van der Waals surface area contributed by atoms with Gasteiger partial charge >= 0.3 is 0 Å². The molecule has 0 saturated heterocycles. The quantitative estimate of drug-likeness (QED) is 0.706. The van der Waals surface area contributed by atoms with E-state index in [9.17, 15) is 18.0 Å². The van der Waals surface area contributed by atoms with Crippen LogP contribution in [0.3, 0.4) is 0 Å². The highest BCUT2D eigenvalue weighted by Crippen LogP contribution is 2.25.